The fourth-order valence-electron chi connectivity index (χ4n) is 4.31. The second-order valence-corrected chi connectivity index (χ2v) is 9.25. The van der Waals surface area contributed by atoms with Crippen molar-refractivity contribution in [2.24, 2.45) is 0 Å². The summed E-state index contributed by atoms with van der Waals surface area (Å²) in [6.45, 7) is 7.36. The van der Waals surface area contributed by atoms with E-state index in [1.807, 2.05) is 72.5 Å². The number of amides is 1. The Morgan fingerprint density at radius 3 is 2.60 bits per heavy atom. The third kappa shape index (κ3) is 7.31. The van der Waals surface area contributed by atoms with E-state index in [1.54, 1.807) is 11.8 Å². The van der Waals surface area contributed by atoms with Gasteiger partial charge in [0.2, 0.25) is 5.91 Å². The van der Waals surface area contributed by atoms with Gasteiger partial charge in [-0.2, -0.15) is 5.10 Å². The van der Waals surface area contributed by atoms with Gasteiger partial charge in [0.05, 0.1) is 19.3 Å². The Morgan fingerprint density at radius 1 is 1.06 bits per heavy atom. The maximum absolute atomic E-state index is 12.2. The molecule has 186 valence electrons. The molecule has 0 aliphatic carbocycles. The predicted molar refractivity (Wildman–Crippen MR) is 133 cm³/mol. The van der Waals surface area contributed by atoms with Crippen molar-refractivity contribution in [3.05, 3.63) is 78.1 Å². The monoisotopic (exact) mass is 478 g/mol. The van der Waals surface area contributed by atoms with Gasteiger partial charge in [-0.1, -0.05) is 30.3 Å². The topological polar surface area (TPSA) is 80.1 Å². The Balaban J connectivity index is 1.38. The van der Waals surface area contributed by atoms with E-state index in [4.69, 9.17) is 9.47 Å². The highest BCUT2D eigenvalue weighted by atomic mass is 16.5. The Kier molecular flexibility index (Phi) is 8.05. The first-order valence-electron chi connectivity index (χ1n) is 12.0. The molecule has 1 aromatic heterocycles. The van der Waals surface area contributed by atoms with Crippen LogP contribution in [0.5, 0.6) is 11.5 Å². The molecule has 1 unspecified atom stereocenters. The quantitative estimate of drug-likeness (QED) is 0.510. The summed E-state index contributed by atoms with van der Waals surface area (Å²) in [6, 6.07) is 17.4. The largest absolute Gasteiger partial charge is 0.492 e. The number of aliphatic hydroxyl groups is 1. The minimum absolute atomic E-state index is 0.0484. The number of nitrogens with zero attached hydrogens (tertiary/aromatic N) is 4. The molecule has 1 saturated heterocycles. The summed E-state index contributed by atoms with van der Waals surface area (Å²) in [5.74, 6) is 1.45. The van der Waals surface area contributed by atoms with Gasteiger partial charge in [-0.3, -0.25) is 14.4 Å². The summed E-state index contributed by atoms with van der Waals surface area (Å²) >= 11 is 0. The van der Waals surface area contributed by atoms with Crippen LogP contribution in [0.3, 0.4) is 0 Å². The number of aromatic nitrogens is 2. The number of carbonyl (C=O) groups is 1. The van der Waals surface area contributed by atoms with E-state index >= 15 is 0 Å². The van der Waals surface area contributed by atoms with Crippen LogP contribution in [-0.2, 0) is 17.9 Å². The number of hydrogen-bond acceptors (Lipinski definition) is 6. The smallest absolute Gasteiger partial charge is 0.219 e. The molecule has 8 heteroatoms. The van der Waals surface area contributed by atoms with Gasteiger partial charge in [0.25, 0.3) is 0 Å². The van der Waals surface area contributed by atoms with Crippen molar-refractivity contribution >= 4 is 5.91 Å². The normalized spacial score (nSPS) is 18.8. The summed E-state index contributed by atoms with van der Waals surface area (Å²) < 4.78 is 13.7. The number of para-hydroxylation sites is 1. The van der Waals surface area contributed by atoms with Crippen LogP contribution in [0.15, 0.2) is 67.0 Å². The molecule has 0 bridgehead atoms. The highest BCUT2D eigenvalue weighted by Crippen LogP contribution is 2.21. The highest BCUT2D eigenvalue weighted by Gasteiger charge is 2.36. The first-order chi connectivity index (χ1) is 16.9. The molecule has 35 heavy (non-hydrogen) atoms. The molecule has 1 aliphatic rings. The highest BCUT2D eigenvalue weighted by molar-refractivity contribution is 5.73. The molecule has 0 spiro atoms. The average molecular weight is 479 g/mol. The lowest BCUT2D eigenvalue weighted by Crippen LogP contribution is -2.51. The Morgan fingerprint density at radius 2 is 1.86 bits per heavy atom. The average Bonchev–Trinajstić information content (AvgIpc) is 3.17. The maximum atomic E-state index is 12.2. The molecule has 1 N–H and O–H groups in total. The summed E-state index contributed by atoms with van der Waals surface area (Å²) in [7, 11) is 0. The van der Waals surface area contributed by atoms with Crippen molar-refractivity contribution in [1.29, 1.82) is 0 Å². The Bertz CT molecular complexity index is 1100. The first-order valence-corrected chi connectivity index (χ1v) is 12.0. The van der Waals surface area contributed by atoms with E-state index in [-0.39, 0.29) is 19.1 Å². The maximum Gasteiger partial charge on any atom is 0.219 e. The fraction of sp³-hybridized carbons (Fsp3) is 0.407. The number of ether oxygens (including phenoxy) is 2. The minimum Gasteiger partial charge on any atom is -0.492 e. The van der Waals surface area contributed by atoms with Gasteiger partial charge in [-0.15, -0.1) is 0 Å². The van der Waals surface area contributed by atoms with Gasteiger partial charge < -0.3 is 19.5 Å². The second kappa shape index (κ2) is 11.4. The van der Waals surface area contributed by atoms with Crippen LogP contribution in [0.4, 0.5) is 0 Å². The van der Waals surface area contributed by atoms with Crippen LogP contribution in [0.2, 0.25) is 0 Å². The molecule has 1 aliphatic heterocycles. The molecular formula is C27H34N4O4. The summed E-state index contributed by atoms with van der Waals surface area (Å²) in [6.07, 6.45) is 3.83. The van der Waals surface area contributed by atoms with Crippen molar-refractivity contribution in [1.82, 2.24) is 19.6 Å². The standard InChI is InChI=1S/C27H34N4O4/c1-22-16-28-31(17-22)13-14-34-26-10-6-7-24(15-26)18-29-11-12-30(23(2)32)20-27(33,19-29)21-35-25-8-4-3-5-9-25/h3-10,15-17,33H,11-14,18-21H2,1-2H3. The van der Waals surface area contributed by atoms with Gasteiger partial charge in [0.15, 0.2) is 0 Å². The molecule has 0 saturated carbocycles. The lowest BCUT2D eigenvalue weighted by atomic mass is 10.0. The lowest BCUT2D eigenvalue weighted by Gasteiger charge is -2.32. The van der Waals surface area contributed by atoms with Gasteiger partial charge in [-0.25, -0.2) is 0 Å². The van der Waals surface area contributed by atoms with Crippen LogP contribution >= 0.6 is 0 Å². The molecule has 0 radical (unpaired) electrons. The third-order valence-corrected chi connectivity index (χ3v) is 6.04. The third-order valence-electron chi connectivity index (χ3n) is 6.04. The SMILES string of the molecule is CC(=O)N1CCN(Cc2cccc(OCCn3cc(C)cn3)c2)CC(O)(COc2ccccc2)C1. The minimum atomic E-state index is -1.19. The molecule has 1 amide bonds. The summed E-state index contributed by atoms with van der Waals surface area (Å²) in [5.41, 5.74) is 1.02. The molecule has 1 fully saturated rings. The van der Waals surface area contributed by atoms with E-state index in [9.17, 15) is 9.90 Å². The first kappa shape index (κ1) is 24.8. The van der Waals surface area contributed by atoms with Crippen molar-refractivity contribution in [3.8, 4) is 11.5 Å². The Labute approximate surface area is 206 Å². The molecule has 3 aromatic rings. The van der Waals surface area contributed by atoms with Crippen LogP contribution in [-0.4, -0.2) is 75.6 Å². The van der Waals surface area contributed by atoms with Crippen LogP contribution in [0.1, 0.15) is 18.1 Å². The van der Waals surface area contributed by atoms with E-state index in [2.05, 4.69) is 16.1 Å². The van der Waals surface area contributed by atoms with E-state index in [1.165, 1.54) is 0 Å². The van der Waals surface area contributed by atoms with Crippen molar-refractivity contribution in [3.63, 3.8) is 0 Å². The summed E-state index contributed by atoms with van der Waals surface area (Å²) in [4.78, 5) is 16.0. The molecular weight excluding hydrogens is 444 g/mol. The molecule has 1 atom stereocenters. The van der Waals surface area contributed by atoms with Crippen LogP contribution in [0.25, 0.3) is 0 Å². The summed E-state index contributed by atoms with van der Waals surface area (Å²) in [5, 5.41) is 15.8. The zero-order chi connectivity index (χ0) is 24.7. The van der Waals surface area contributed by atoms with E-state index < -0.39 is 5.60 Å². The zero-order valence-electron chi connectivity index (χ0n) is 20.5. The van der Waals surface area contributed by atoms with E-state index in [0.29, 0.717) is 45.1 Å². The van der Waals surface area contributed by atoms with Gasteiger partial charge in [0.1, 0.15) is 30.3 Å². The molecule has 2 aromatic carbocycles. The van der Waals surface area contributed by atoms with Crippen LogP contribution in [0, 0.1) is 6.92 Å². The van der Waals surface area contributed by atoms with Gasteiger partial charge in [0, 0.05) is 39.3 Å². The van der Waals surface area contributed by atoms with Crippen molar-refractivity contribution in [2.75, 3.05) is 39.4 Å². The molecule has 4 rings (SSSR count). The van der Waals surface area contributed by atoms with E-state index in [0.717, 1.165) is 16.9 Å². The zero-order valence-corrected chi connectivity index (χ0v) is 20.5. The number of hydrogen-bond donors (Lipinski definition) is 1. The molecule has 8 nitrogen and oxygen atoms in total. The second-order valence-electron chi connectivity index (χ2n) is 9.25. The Hall–Kier alpha value is -3.36. The fourth-order valence-corrected chi connectivity index (χ4v) is 4.31. The number of benzene rings is 2. The van der Waals surface area contributed by atoms with Crippen molar-refractivity contribution in [2.45, 2.75) is 32.5 Å². The number of rotatable bonds is 9. The van der Waals surface area contributed by atoms with Gasteiger partial charge >= 0.3 is 0 Å². The van der Waals surface area contributed by atoms with Crippen molar-refractivity contribution < 1.29 is 19.4 Å². The molecule has 2 heterocycles. The lowest BCUT2D eigenvalue weighted by molar-refractivity contribution is -0.132. The number of carbonyl (C=O) groups excluding carboxylic acids is 1. The number of β-amino-alcohol motifs (C(OH)–C–C–N with tert-alkyl or cyclic N) is 1. The predicted octanol–water partition coefficient (Wildman–Crippen LogP) is 2.74. The van der Waals surface area contributed by atoms with Gasteiger partial charge in [-0.05, 0) is 42.3 Å². The van der Waals surface area contributed by atoms with Crippen LogP contribution < -0.4 is 9.47 Å². The number of aryl methyl sites for hydroxylation is 1.